The van der Waals surface area contributed by atoms with E-state index in [9.17, 15) is 4.79 Å². The van der Waals surface area contributed by atoms with Crippen molar-refractivity contribution in [3.05, 3.63) is 65.7 Å². The van der Waals surface area contributed by atoms with Crippen molar-refractivity contribution in [2.24, 2.45) is 10.9 Å². The Hall–Kier alpha value is -2.17. The number of nitrogens with one attached hydrogen (secondary N) is 2. The van der Waals surface area contributed by atoms with Gasteiger partial charge >= 0.3 is 0 Å². The van der Waals surface area contributed by atoms with Gasteiger partial charge < -0.3 is 25.2 Å². The van der Waals surface area contributed by atoms with Crippen LogP contribution in [0.2, 0.25) is 0 Å². The SMILES string of the molecule is CN=C(NCc1cccc(NC(=O)CN(C)C)c1)N1CCC(COCc2ccccc2)C1.I. The highest BCUT2D eigenvalue weighted by atomic mass is 127. The normalized spacial score (nSPS) is 15.9. The number of carbonyl (C=O) groups excluding carboxylic acids is 1. The number of amides is 1. The van der Waals surface area contributed by atoms with Crippen molar-refractivity contribution in [3.63, 3.8) is 0 Å². The molecule has 1 unspecified atom stereocenters. The second kappa shape index (κ2) is 14.2. The summed E-state index contributed by atoms with van der Waals surface area (Å²) >= 11 is 0. The van der Waals surface area contributed by atoms with E-state index >= 15 is 0 Å². The number of likely N-dealkylation sites (tertiary alicyclic amines) is 1. The van der Waals surface area contributed by atoms with E-state index in [4.69, 9.17) is 4.74 Å². The Labute approximate surface area is 214 Å². The summed E-state index contributed by atoms with van der Waals surface area (Å²) in [5.74, 6) is 1.39. The van der Waals surface area contributed by atoms with Crippen molar-refractivity contribution in [2.75, 3.05) is 52.7 Å². The molecule has 1 heterocycles. The molecule has 0 saturated carbocycles. The van der Waals surface area contributed by atoms with E-state index in [1.807, 2.05) is 68.5 Å². The number of hydrogen-bond donors (Lipinski definition) is 2. The molecule has 0 aliphatic carbocycles. The van der Waals surface area contributed by atoms with Gasteiger partial charge in [-0.05, 0) is 43.8 Å². The van der Waals surface area contributed by atoms with Gasteiger partial charge in [0.05, 0.1) is 19.8 Å². The quantitative estimate of drug-likeness (QED) is 0.277. The maximum Gasteiger partial charge on any atom is 0.238 e. The largest absolute Gasteiger partial charge is 0.376 e. The van der Waals surface area contributed by atoms with Gasteiger partial charge in [0.15, 0.2) is 5.96 Å². The van der Waals surface area contributed by atoms with Gasteiger partial charge in [-0.1, -0.05) is 42.5 Å². The molecular formula is C25H36IN5O2. The fraction of sp³-hybridized carbons (Fsp3) is 0.440. The van der Waals surface area contributed by atoms with Gasteiger partial charge in [-0.15, -0.1) is 24.0 Å². The van der Waals surface area contributed by atoms with E-state index in [0.717, 1.165) is 43.3 Å². The molecular weight excluding hydrogens is 529 g/mol. The summed E-state index contributed by atoms with van der Waals surface area (Å²) in [5, 5.41) is 6.40. The van der Waals surface area contributed by atoms with Gasteiger partial charge in [-0.25, -0.2) is 0 Å². The third-order valence-corrected chi connectivity index (χ3v) is 5.38. The second-order valence-electron chi connectivity index (χ2n) is 8.49. The summed E-state index contributed by atoms with van der Waals surface area (Å²) in [6.07, 6.45) is 1.10. The summed E-state index contributed by atoms with van der Waals surface area (Å²) in [5.41, 5.74) is 3.11. The van der Waals surface area contributed by atoms with Crippen LogP contribution in [0.3, 0.4) is 0 Å². The minimum absolute atomic E-state index is 0. The van der Waals surface area contributed by atoms with Crippen molar-refractivity contribution in [2.45, 2.75) is 19.6 Å². The number of aliphatic imine (C=N–C) groups is 1. The van der Waals surface area contributed by atoms with Gasteiger partial charge in [0.25, 0.3) is 0 Å². The van der Waals surface area contributed by atoms with Crippen molar-refractivity contribution in [3.8, 4) is 0 Å². The van der Waals surface area contributed by atoms with Crippen LogP contribution in [-0.4, -0.2) is 69.1 Å². The molecule has 0 bridgehead atoms. The molecule has 0 spiro atoms. The smallest absolute Gasteiger partial charge is 0.238 e. The zero-order chi connectivity index (χ0) is 22.8. The predicted octanol–water partition coefficient (Wildman–Crippen LogP) is 3.42. The molecule has 1 aliphatic heterocycles. The summed E-state index contributed by atoms with van der Waals surface area (Å²) in [6, 6.07) is 18.2. The number of guanidine groups is 1. The number of nitrogens with zero attached hydrogens (tertiary/aromatic N) is 3. The Morgan fingerprint density at radius 1 is 1.15 bits per heavy atom. The molecule has 1 atom stereocenters. The van der Waals surface area contributed by atoms with Gasteiger partial charge in [0.1, 0.15) is 0 Å². The standard InChI is InChI=1S/C25H35N5O2.HI/c1-26-25(27-15-21-10-7-11-23(14-21)28-24(31)17-29(2)3)30-13-12-22(16-30)19-32-18-20-8-5-4-6-9-20;/h4-11,14,22H,12-13,15-19H2,1-3H3,(H,26,27)(H,28,31);1H. The van der Waals surface area contributed by atoms with Crippen molar-refractivity contribution < 1.29 is 9.53 Å². The summed E-state index contributed by atoms with van der Waals surface area (Å²) in [6.45, 7) is 4.34. The van der Waals surface area contributed by atoms with Crippen LogP contribution in [0.5, 0.6) is 0 Å². The first-order valence-corrected chi connectivity index (χ1v) is 11.1. The summed E-state index contributed by atoms with van der Waals surface area (Å²) in [7, 11) is 5.58. The van der Waals surface area contributed by atoms with Crippen LogP contribution < -0.4 is 10.6 Å². The van der Waals surface area contributed by atoms with Gasteiger partial charge in [-0.2, -0.15) is 0 Å². The van der Waals surface area contributed by atoms with Crippen LogP contribution in [-0.2, 0) is 22.7 Å². The number of carbonyl (C=O) groups is 1. The van der Waals surface area contributed by atoms with Crippen molar-refractivity contribution in [1.29, 1.82) is 0 Å². The first-order chi connectivity index (χ1) is 15.5. The lowest BCUT2D eigenvalue weighted by atomic mass is 10.1. The molecule has 3 rings (SSSR count). The van der Waals surface area contributed by atoms with Crippen LogP contribution in [0.4, 0.5) is 5.69 Å². The molecule has 180 valence electrons. The van der Waals surface area contributed by atoms with Crippen LogP contribution >= 0.6 is 24.0 Å². The molecule has 33 heavy (non-hydrogen) atoms. The van der Waals surface area contributed by atoms with Crippen LogP contribution in [0.15, 0.2) is 59.6 Å². The minimum atomic E-state index is -0.0199. The summed E-state index contributed by atoms with van der Waals surface area (Å²) in [4.78, 5) is 20.6. The Kier molecular flexibility index (Phi) is 11.6. The Morgan fingerprint density at radius 3 is 2.64 bits per heavy atom. The number of likely N-dealkylation sites (N-methyl/N-ethyl adjacent to an activating group) is 1. The summed E-state index contributed by atoms with van der Waals surface area (Å²) < 4.78 is 5.94. The Bertz CT molecular complexity index is 891. The maximum absolute atomic E-state index is 12.0. The number of benzene rings is 2. The van der Waals surface area contributed by atoms with Crippen LogP contribution in [0.1, 0.15) is 17.5 Å². The minimum Gasteiger partial charge on any atom is -0.376 e. The van der Waals surface area contributed by atoms with E-state index in [-0.39, 0.29) is 29.9 Å². The van der Waals surface area contributed by atoms with E-state index < -0.39 is 0 Å². The lowest BCUT2D eigenvalue weighted by molar-refractivity contribution is -0.116. The zero-order valence-electron chi connectivity index (χ0n) is 19.8. The first kappa shape index (κ1) is 27.1. The second-order valence-corrected chi connectivity index (χ2v) is 8.49. The third kappa shape index (κ3) is 9.30. The van der Waals surface area contributed by atoms with Crippen molar-refractivity contribution >= 4 is 41.5 Å². The topological polar surface area (TPSA) is 69.2 Å². The molecule has 1 aliphatic rings. The van der Waals surface area contributed by atoms with Crippen molar-refractivity contribution in [1.82, 2.24) is 15.1 Å². The van der Waals surface area contributed by atoms with Gasteiger partial charge in [0.2, 0.25) is 5.91 Å². The van der Waals surface area contributed by atoms with Gasteiger partial charge in [-0.3, -0.25) is 9.79 Å². The van der Waals surface area contributed by atoms with Crippen LogP contribution in [0.25, 0.3) is 0 Å². The highest BCUT2D eigenvalue weighted by Crippen LogP contribution is 2.18. The molecule has 1 fully saturated rings. The van der Waals surface area contributed by atoms with E-state index in [2.05, 4.69) is 32.7 Å². The number of rotatable bonds is 9. The zero-order valence-corrected chi connectivity index (χ0v) is 22.1. The maximum atomic E-state index is 12.0. The number of anilines is 1. The lowest BCUT2D eigenvalue weighted by Gasteiger charge is -2.22. The molecule has 1 amide bonds. The molecule has 0 aromatic heterocycles. The number of hydrogen-bond acceptors (Lipinski definition) is 4. The number of halogens is 1. The molecule has 8 heteroatoms. The fourth-order valence-corrected chi connectivity index (χ4v) is 3.84. The van der Waals surface area contributed by atoms with E-state index in [1.165, 1.54) is 5.56 Å². The lowest BCUT2D eigenvalue weighted by Crippen LogP contribution is -2.39. The Balaban J connectivity index is 0.00000385. The van der Waals surface area contributed by atoms with Crippen LogP contribution in [0, 0.1) is 5.92 Å². The molecule has 0 radical (unpaired) electrons. The average molecular weight is 566 g/mol. The predicted molar refractivity (Wildman–Crippen MR) is 145 cm³/mol. The van der Waals surface area contributed by atoms with E-state index in [1.54, 1.807) is 0 Å². The average Bonchev–Trinajstić information content (AvgIpc) is 3.23. The van der Waals surface area contributed by atoms with E-state index in [0.29, 0.717) is 25.6 Å². The first-order valence-electron chi connectivity index (χ1n) is 11.1. The molecule has 7 nitrogen and oxygen atoms in total. The molecule has 2 N–H and O–H groups in total. The monoisotopic (exact) mass is 565 g/mol. The molecule has 2 aromatic rings. The third-order valence-electron chi connectivity index (χ3n) is 5.38. The highest BCUT2D eigenvalue weighted by Gasteiger charge is 2.25. The molecule has 2 aromatic carbocycles. The van der Waals surface area contributed by atoms with Gasteiger partial charge in [0, 0.05) is 38.3 Å². The highest BCUT2D eigenvalue weighted by molar-refractivity contribution is 14.0. The molecule has 1 saturated heterocycles. The Morgan fingerprint density at radius 2 is 1.91 bits per heavy atom. The fourth-order valence-electron chi connectivity index (χ4n) is 3.84. The number of ether oxygens (including phenoxy) is 1.